The molecule has 2 N–H and O–H groups in total. The van der Waals surface area contributed by atoms with Crippen molar-refractivity contribution < 1.29 is 27.2 Å². The molecule has 0 aliphatic heterocycles. The molecule has 0 aromatic heterocycles. The van der Waals surface area contributed by atoms with Crippen LogP contribution in [0.2, 0.25) is 10.0 Å². The van der Waals surface area contributed by atoms with Gasteiger partial charge in [0.2, 0.25) is 0 Å². The van der Waals surface area contributed by atoms with Crippen molar-refractivity contribution in [2.75, 3.05) is 5.32 Å². The zero-order chi connectivity index (χ0) is 19.5. The van der Waals surface area contributed by atoms with Crippen LogP contribution >= 0.6 is 35.0 Å². The fourth-order valence-electron chi connectivity index (χ4n) is 1.83. The van der Waals surface area contributed by atoms with Crippen molar-refractivity contribution in [1.82, 2.24) is 5.32 Å². The molecule has 3 amide bonds. The number of anilines is 1. The largest absolute Gasteiger partial charge is 0.446 e. The van der Waals surface area contributed by atoms with Gasteiger partial charge in [0.1, 0.15) is 5.82 Å². The number of carbonyl (C=O) groups is 2. The Morgan fingerprint density at radius 2 is 1.73 bits per heavy atom. The second-order valence-corrected chi connectivity index (χ2v) is 6.65. The van der Waals surface area contributed by atoms with E-state index in [1.54, 1.807) is 0 Å². The molecule has 0 unspecified atom stereocenters. The number of benzene rings is 2. The third-order valence-electron chi connectivity index (χ3n) is 2.84. The summed E-state index contributed by atoms with van der Waals surface area (Å²) in [5, 5.41) is 3.68. The van der Waals surface area contributed by atoms with E-state index in [2.05, 4.69) is 5.32 Å². The molecule has 0 fully saturated rings. The monoisotopic (exact) mass is 426 g/mol. The zero-order valence-electron chi connectivity index (χ0n) is 12.5. The summed E-state index contributed by atoms with van der Waals surface area (Å²) < 4.78 is 50.9. The molecule has 0 aliphatic rings. The van der Waals surface area contributed by atoms with Gasteiger partial charge in [0.05, 0.1) is 21.3 Å². The summed E-state index contributed by atoms with van der Waals surface area (Å²) in [4.78, 5) is 23.6. The topological polar surface area (TPSA) is 58.2 Å². The van der Waals surface area contributed by atoms with Crippen molar-refractivity contribution in [3.05, 3.63) is 57.8 Å². The third kappa shape index (κ3) is 5.52. The number of rotatable bonds is 3. The lowest BCUT2D eigenvalue weighted by molar-refractivity contribution is -0.0328. The summed E-state index contributed by atoms with van der Waals surface area (Å²) >= 11 is 11.1. The molecule has 0 heterocycles. The maximum absolute atomic E-state index is 13.6. The summed E-state index contributed by atoms with van der Waals surface area (Å²) in [6.45, 7) is 0. The van der Waals surface area contributed by atoms with E-state index < -0.39 is 40.6 Å². The van der Waals surface area contributed by atoms with E-state index in [0.717, 1.165) is 24.3 Å². The molecule has 2 aromatic carbocycles. The highest BCUT2D eigenvalue weighted by atomic mass is 35.5. The molecule has 0 saturated heterocycles. The van der Waals surface area contributed by atoms with E-state index in [4.69, 9.17) is 23.2 Å². The van der Waals surface area contributed by atoms with Crippen LogP contribution < -0.4 is 10.6 Å². The average molecular weight is 427 g/mol. The van der Waals surface area contributed by atoms with Gasteiger partial charge in [0.15, 0.2) is 0 Å². The van der Waals surface area contributed by atoms with Crippen LogP contribution in [0.3, 0.4) is 0 Å². The maximum Gasteiger partial charge on any atom is 0.446 e. The predicted octanol–water partition coefficient (Wildman–Crippen LogP) is 5.71. The summed E-state index contributed by atoms with van der Waals surface area (Å²) in [5.41, 5.74) is -5.23. The summed E-state index contributed by atoms with van der Waals surface area (Å²) in [6.07, 6.45) is 0. The number of halogens is 6. The normalized spacial score (nSPS) is 11.2. The van der Waals surface area contributed by atoms with Gasteiger partial charge in [-0.2, -0.15) is 13.2 Å². The van der Waals surface area contributed by atoms with Gasteiger partial charge in [-0.15, -0.1) is 0 Å². The van der Waals surface area contributed by atoms with Crippen molar-refractivity contribution >= 4 is 52.6 Å². The van der Waals surface area contributed by atoms with E-state index in [1.165, 1.54) is 12.1 Å². The first-order valence-electron chi connectivity index (χ1n) is 6.68. The summed E-state index contributed by atoms with van der Waals surface area (Å²) in [6, 6.07) is 5.65. The third-order valence-corrected chi connectivity index (χ3v) is 4.20. The van der Waals surface area contributed by atoms with Crippen molar-refractivity contribution in [3.8, 4) is 0 Å². The molecule has 4 nitrogen and oxygen atoms in total. The van der Waals surface area contributed by atoms with Crippen molar-refractivity contribution in [2.24, 2.45) is 0 Å². The van der Waals surface area contributed by atoms with Crippen LogP contribution in [0.15, 0.2) is 41.3 Å². The van der Waals surface area contributed by atoms with Gasteiger partial charge < -0.3 is 5.32 Å². The Labute approximate surface area is 158 Å². The summed E-state index contributed by atoms with van der Waals surface area (Å²) in [5.74, 6) is -2.06. The number of thioether (sulfide) groups is 1. The van der Waals surface area contributed by atoms with Crippen LogP contribution in [0.5, 0.6) is 0 Å². The number of alkyl halides is 3. The number of carbonyl (C=O) groups excluding carboxylic acids is 2. The highest BCUT2D eigenvalue weighted by Crippen LogP contribution is 2.39. The van der Waals surface area contributed by atoms with E-state index in [1.807, 2.05) is 5.32 Å². The highest BCUT2D eigenvalue weighted by Gasteiger charge is 2.29. The standard InChI is InChI=1S/C15H8Cl2F4N2O2S/c16-8-5-4-7(26-15(19,20)21)6-11(8)22-14(25)23-13(24)12-9(17)2-1-3-10(12)18/h1-6H,(H2,22,23,24,25). The van der Waals surface area contributed by atoms with Crippen LogP contribution in [0, 0.1) is 5.82 Å². The minimum Gasteiger partial charge on any atom is -0.306 e. The van der Waals surface area contributed by atoms with Gasteiger partial charge >= 0.3 is 11.5 Å². The molecule has 0 aliphatic carbocycles. The molecule has 2 aromatic rings. The number of urea groups is 1. The average Bonchev–Trinajstić information content (AvgIpc) is 2.48. The highest BCUT2D eigenvalue weighted by molar-refractivity contribution is 8.00. The Morgan fingerprint density at radius 3 is 2.35 bits per heavy atom. The Hall–Kier alpha value is -1.97. The van der Waals surface area contributed by atoms with Crippen LogP contribution in [0.25, 0.3) is 0 Å². The second kappa shape index (κ2) is 8.15. The molecule has 11 heteroatoms. The molecule has 0 spiro atoms. The minimum atomic E-state index is -4.52. The molecular formula is C15H8Cl2F4N2O2S. The Balaban J connectivity index is 2.12. The maximum atomic E-state index is 13.6. The number of amides is 3. The lowest BCUT2D eigenvalue weighted by Crippen LogP contribution is -2.35. The lowest BCUT2D eigenvalue weighted by atomic mass is 10.2. The van der Waals surface area contributed by atoms with Crippen LogP contribution in [0.1, 0.15) is 10.4 Å². The first-order chi connectivity index (χ1) is 12.1. The quantitative estimate of drug-likeness (QED) is 0.488. The van der Waals surface area contributed by atoms with Gasteiger partial charge in [-0.25, -0.2) is 9.18 Å². The Morgan fingerprint density at radius 1 is 1.04 bits per heavy atom. The number of hydrogen-bond donors (Lipinski definition) is 2. The molecule has 0 bridgehead atoms. The molecule has 0 atom stereocenters. The predicted molar refractivity (Wildman–Crippen MR) is 91.3 cm³/mol. The smallest absolute Gasteiger partial charge is 0.306 e. The van der Waals surface area contributed by atoms with Gasteiger partial charge in [-0.1, -0.05) is 29.3 Å². The van der Waals surface area contributed by atoms with Crippen molar-refractivity contribution in [2.45, 2.75) is 10.4 Å². The number of nitrogens with one attached hydrogen (secondary N) is 2. The Kier molecular flexibility index (Phi) is 6.38. The van der Waals surface area contributed by atoms with Crippen LogP contribution in [-0.4, -0.2) is 17.4 Å². The first-order valence-corrected chi connectivity index (χ1v) is 8.25. The molecule has 0 saturated carbocycles. The number of hydrogen-bond acceptors (Lipinski definition) is 3. The van der Waals surface area contributed by atoms with E-state index in [-0.39, 0.29) is 20.6 Å². The van der Waals surface area contributed by atoms with Crippen molar-refractivity contribution in [1.29, 1.82) is 0 Å². The fourth-order valence-corrected chi connectivity index (χ4v) is 2.82. The SMILES string of the molecule is O=C(NC(=O)c1c(F)cccc1Cl)Nc1cc(SC(F)(F)F)ccc1Cl. The van der Waals surface area contributed by atoms with Crippen molar-refractivity contribution in [3.63, 3.8) is 0 Å². The zero-order valence-corrected chi connectivity index (χ0v) is 14.8. The van der Waals surface area contributed by atoms with Gasteiger partial charge in [-0.3, -0.25) is 10.1 Å². The van der Waals surface area contributed by atoms with Crippen LogP contribution in [-0.2, 0) is 0 Å². The van der Waals surface area contributed by atoms with Gasteiger partial charge in [0.25, 0.3) is 5.91 Å². The van der Waals surface area contributed by atoms with E-state index in [9.17, 15) is 27.2 Å². The molecular weight excluding hydrogens is 419 g/mol. The molecule has 26 heavy (non-hydrogen) atoms. The lowest BCUT2D eigenvalue weighted by Gasteiger charge is -2.11. The first kappa shape index (κ1) is 20.3. The second-order valence-electron chi connectivity index (χ2n) is 4.69. The molecule has 138 valence electrons. The molecule has 0 radical (unpaired) electrons. The summed E-state index contributed by atoms with van der Waals surface area (Å²) in [7, 11) is 0. The number of imide groups is 1. The van der Waals surface area contributed by atoms with Gasteiger partial charge in [0, 0.05) is 4.90 Å². The minimum absolute atomic E-state index is 0.0527. The molecule has 2 rings (SSSR count). The van der Waals surface area contributed by atoms with E-state index in [0.29, 0.717) is 0 Å². The van der Waals surface area contributed by atoms with Gasteiger partial charge in [-0.05, 0) is 42.1 Å². The Bertz CT molecular complexity index is 842. The van der Waals surface area contributed by atoms with E-state index >= 15 is 0 Å². The van der Waals surface area contributed by atoms with Crippen LogP contribution in [0.4, 0.5) is 28.0 Å². The fraction of sp³-hybridized carbons (Fsp3) is 0.0667.